The average molecular weight is 930 g/mol. The van der Waals surface area contributed by atoms with Crippen molar-refractivity contribution in [1.29, 1.82) is 0 Å². The lowest BCUT2D eigenvalue weighted by Gasteiger charge is -2.43. The Morgan fingerprint density at radius 1 is 0.851 bits per heavy atom. The monoisotopic (exact) mass is 929 g/mol. The van der Waals surface area contributed by atoms with Gasteiger partial charge in [0.25, 0.3) is 0 Å². The van der Waals surface area contributed by atoms with Gasteiger partial charge in [-0.2, -0.15) is 4.31 Å². The number of H-pyrrole nitrogens is 1. The van der Waals surface area contributed by atoms with Crippen LogP contribution in [0.3, 0.4) is 0 Å². The molecular formula is C51H55N5O10S. The Hall–Kier alpha value is -6.56. The second-order valence-corrected chi connectivity index (χ2v) is 18.8. The van der Waals surface area contributed by atoms with E-state index in [0.29, 0.717) is 41.1 Å². The first-order valence-corrected chi connectivity index (χ1v) is 24.0. The van der Waals surface area contributed by atoms with E-state index in [0.717, 1.165) is 49.2 Å². The molecule has 0 radical (unpaired) electrons. The van der Waals surface area contributed by atoms with E-state index < -0.39 is 34.2 Å². The van der Waals surface area contributed by atoms with E-state index in [1.54, 1.807) is 54.6 Å². The summed E-state index contributed by atoms with van der Waals surface area (Å²) in [5, 5.41) is 27.9. The number of nitrogens with one attached hydrogen (secondary N) is 3. The zero-order chi connectivity index (χ0) is 46.8. The van der Waals surface area contributed by atoms with Crippen LogP contribution in [-0.4, -0.2) is 103 Å². The number of phenols is 1. The number of esters is 1. The number of aromatic hydroxyl groups is 1. The topological polar surface area (TPSA) is 200 Å². The van der Waals surface area contributed by atoms with Gasteiger partial charge in [-0.05, 0) is 116 Å². The maximum absolute atomic E-state index is 13.7. The maximum Gasteiger partial charge on any atom is 0.408 e. The number of pyridine rings is 1. The molecule has 350 valence electrons. The molecule has 3 atom stereocenters. The van der Waals surface area contributed by atoms with Crippen molar-refractivity contribution in [1.82, 2.24) is 24.8 Å². The summed E-state index contributed by atoms with van der Waals surface area (Å²) in [6, 6.07) is 37.5. The number of alkyl carbamates (subject to hydrolysis) is 1. The number of rotatable bonds is 20. The number of amides is 1. The second kappa shape index (κ2) is 21.8. The van der Waals surface area contributed by atoms with Crippen molar-refractivity contribution < 1.29 is 42.4 Å². The molecule has 5 aromatic carbocycles. The summed E-state index contributed by atoms with van der Waals surface area (Å²) in [5.41, 5.74) is 3.19. The Labute approximate surface area is 389 Å². The highest BCUT2D eigenvalue weighted by molar-refractivity contribution is 7.89. The number of aliphatic hydroxyl groups excluding tert-OH is 1. The molecule has 4 heterocycles. The highest BCUT2D eigenvalue weighted by Crippen LogP contribution is 2.32. The third-order valence-electron chi connectivity index (χ3n) is 12.4. The Morgan fingerprint density at radius 2 is 1.58 bits per heavy atom. The Balaban J connectivity index is 0.829. The van der Waals surface area contributed by atoms with Crippen LogP contribution in [-0.2, 0) is 26.1 Å². The molecular weight excluding hydrogens is 875 g/mol. The van der Waals surface area contributed by atoms with Crippen LogP contribution in [0.2, 0.25) is 0 Å². The summed E-state index contributed by atoms with van der Waals surface area (Å²) < 4.78 is 46.4. The van der Waals surface area contributed by atoms with Gasteiger partial charge in [0.2, 0.25) is 15.6 Å². The molecule has 1 aromatic heterocycles. The number of sulfonamides is 1. The molecule has 16 heteroatoms. The average Bonchev–Trinajstić information content (AvgIpc) is 3.35. The minimum absolute atomic E-state index is 0.0875. The van der Waals surface area contributed by atoms with Gasteiger partial charge in [-0.15, -0.1) is 0 Å². The van der Waals surface area contributed by atoms with Gasteiger partial charge in [0.05, 0.1) is 28.1 Å². The van der Waals surface area contributed by atoms with Crippen molar-refractivity contribution in [2.45, 2.75) is 49.0 Å². The number of aliphatic hydroxyl groups is 1. The molecule has 0 spiro atoms. The van der Waals surface area contributed by atoms with Gasteiger partial charge in [-0.3, -0.25) is 9.69 Å². The fraction of sp³-hybridized carbons (Fsp3) is 0.314. The van der Waals surface area contributed by atoms with Gasteiger partial charge in [-0.25, -0.2) is 18.0 Å². The number of piperidine rings is 3. The minimum Gasteiger partial charge on any atom is -0.506 e. The molecule has 15 nitrogen and oxygen atoms in total. The third kappa shape index (κ3) is 11.9. The van der Waals surface area contributed by atoms with Crippen LogP contribution in [0.1, 0.15) is 64.0 Å². The van der Waals surface area contributed by atoms with E-state index in [9.17, 15) is 33.0 Å². The van der Waals surface area contributed by atoms with Gasteiger partial charge in [-0.1, -0.05) is 78.9 Å². The molecule has 6 aromatic rings. The molecule has 3 saturated heterocycles. The van der Waals surface area contributed by atoms with Gasteiger partial charge in [0.15, 0.2) is 0 Å². The standard InChI is InChI=1S/C51H55N5O10S/c57-44-21-19-42(43-20-22-47(59)53-49(43)44)45(58)32-52-25-8-26-56(67(62,63)41-13-5-2-6-14-41)29-30-64-50(60)38-17-15-35(16-18-38)34-65-40-12-7-11-39(31-40)48(37-9-3-1-4-10-37)54-51(61)66-46-33-55-27-23-36(46)24-28-55/h1-7,9-22,31,36,45-46,48,52,57-58H,8,23-30,32-34H2,(H,53,59)(H,54,61)/t45-,46-,48?/m0/s1. The number of fused-ring (bicyclic) bond motifs is 4. The molecule has 3 aliphatic rings. The molecule has 5 N–H and O–H groups in total. The van der Waals surface area contributed by atoms with E-state index in [-0.39, 0.29) is 60.7 Å². The Morgan fingerprint density at radius 3 is 2.31 bits per heavy atom. The van der Waals surface area contributed by atoms with Crippen LogP contribution in [0.4, 0.5) is 4.79 Å². The van der Waals surface area contributed by atoms with Gasteiger partial charge >= 0.3 is 12.1 Å². The number of hydrogen-bond acceptors (Lipinski definition) is 12. The number of benzene rings is 5. The molecule has 3 aliphatic heterocycles. The quantitative estimate of drug-likeness (QED) is 0.0425. The van der Waals surface area contributed by atoms with Crippen molar-refractivity contribution in [3.63, 3.8) is 0 Å². The van der Waals surface area contributed by atoms with Crippen LogP contribution < -0.4 is 20.9 Å². The van der Waals surface area contributed by atoms with Crippen LogP contribution in [0.5, 0.6) is 11.5 Å². The summed E-state index contributed by atoms with van der Waals surface area (Å²) in [7, 11) is -3.94. The lowest BCUT2D eigenvalue weighted by atomic mass is 9.86. The smallest absolute Gasteiger partial charge is 0.408 e. The first-order valence-electron chi connectivity index (χ1n) is 22.5. The number of carbonyl (C=O) groups is 2. The summed E-state index contributed by atoms with van der Waals surface area (Å²) in [5.74, 6) is 0.276. The number of ether oxygens (including phenoxy) is 3. The highest BCUT2D eigenvalue weighted by Gasteiger charge is 2.37. The van der Waals surface area contributed by atoms with Crippen molar-refractivity contribution >= 4 is 33.0 Å². The van der Waals surface area contributed by atoms with E-state index in [1.165, 1.54) is 28.6 Å². The molecule has 3 fully saturated rings. The zero-order valence-electron chi connectivity index (χ0n) is 37.0. The number of nitrogens with zero attached hydrogens (tertiary/aromatic N) is 2. The molecule has 1 amide bonds. The number of hydrogen-bond donors (Lipinski definition) is 5. The van der Waals surface area contributed by atoms with Crippen LogP contribution in [0, 0.1) is 5.92 Å². The van der Waals surface area contributed by atoms with E-state index in [4.69, 9.17) is 14.2 Å². The maximum atomic E-state index is 13.7. The fourth-order valence-electron chi connectivity index (χ4n) is 8.72. The van der Waals surface area contributed by atoms with Crippen LogP contribution in [0.15, 0.2) is 143 Å². The number of aromatic amines is 1. The largest absolute Gasteiger partial charge is 0.506 e. The third-order valence-corrected chi connectivity index (χ3v) is 14.3. The molecule has 9 rings (SSSR count). The van der Waals surface area contributed by atoms with Crippen LogP contribution >= 0.6 is 0 Å². The fourth-order valence-corrected chi connectivity index (χ4v) is 10.2. The van der Waals surface area contributed by atoms with E-state index >= 15 is 0 Å². The Bertz CT molecular complexity index is 2790. The first-order chi connectivity index (χ1) is 32.5. The SMILES string of the molecule is O=C(NC(c1ccccc1)c1cccc(OCc2ccc(C(=O)OCCN(CCCNC[C@H](O)c3ccc(O)c4[nH]c(=O)ccc34)S(=O)(=O)c3ccccc3)cc2)c1)O[C@H]1CN2CCC1CC2. The molecule has 2 bridgehead atoms. The summed E-state index contributed by atoms with van der Waals surface area (Å²) >= 11 is 0. The Kier molecular flexibility index (Phi) is 15.3. The number of aromatic nitrogens is 1. The normalized spacial score (nSPS) is 17.7. The van der Waals surface area contributed by atoms with Gasteiger partial charge < -0.3 is 40.0 Å². The second-order valence-electron chi connectivity index (χ2n) is 16.8. The minimum atomic E-state index is -3.94. The van der Waals surface area contributed by atoms with Crippen molar-refractivity contribution in [2.24, 2.45) is 5.92 Å². The zero-order valence-corrected chi connectivity index (χ0v) is 37.8. The van der Waals surface area contributed by atoms with E-state index in [2.05, 4.69) is 20.5 Å². The summed E-state index contributed by atoms with van der Waals surface area (Å²) in [6.45, 7) is 3.41. The number of carbonyl (C=O) groups excluding carboxylic acids is 2. The number of phenolic OH excluding ortho intramolecular Hbond substituents is 1. The first kappa shape index (κ1) is 47.0. The predicted molar refractivity (Wildman–Crippen MR) is 252 cm³/mol. The predicted octanol–water partition coefficient (Wildman–Crippen LogP) is 6.28. The molecule has 0 saturated carbocycles. The summed E-state index contributed by atoms with van der Waals surface area (Å²) in [6.07, 6.45) is 0.923. The van der Waals surface area contributed by atoms with Gasteiger partial charge in [0, 0.05) is 37.6 Å². The van der Waals surface area contributed by atoms with Crippen molar-refractivity contribution in [3.05, 3.63) is 172 Å². The lowest BCUT2D eigenvalue weighted by molar-refractivity contribution is -0.0336. The van der Waals surface area contributed by atoms with Crippen molar-refractivity contribution in [3.8, 4) is 11.5 Å². The van der Waals surface area contributed by atoms with E-state index in [1.807, 2.05) is 54.6 Å². The van der Waals surface area contributed by atoms with Crippen LogP contribution in [0.25, 0.3) is 10.9 Å². The lowest BCUT2D eigenvalue weighted by Crippen LogP contribution is -2.52. The highest BCUT2D eigenvalue weighted by atomic mass is 32.2. The van der Waals surface area contributed by atoms with Crippen molar-refractivity contribution in [2.75, 3.05) is 52.4 Å². The van der Waals surface area contributed by atoms with Gasteiger partial charge in [0.1, 0.15) is 30.8 Å². The molecule has 67 heavy (non-hydrogen) atoms. The molecule has 1 unspecified atom stereocenters. The molecule has 0 aliphatic carbocycles. The summed E-state index contributed by atoms with van der Waals surface area (Å²) in [4.78, 5) is 43.3.